The first kappa shape index (κ1) is 15.5. The van der Waals surface area contributed by atoms with Crippen LogP contribution in [0, 0.1) is 6.92 Å². The molecule has 0 saturated heterocycles. The van der Waals surface area contributed by atoms with Gasteiger partial charge in [0, 0.05) is 17.1 Å². The van der Waals surface area contributed by atoms with Gasteiger partial charge in [0.25, 0.3) is 10.0 Å². The average molecular weight is 381 g/mol. The molecule has 2 aromatic rings. The van der Waals surface area contributed by atoms with E-state index in [-0.39, 0.29) is 10.9 Å². The van der Waals surface area contributed by atoms with Gasteiger partial charge in [-0.1, -0.05) is 24.3 Å². The van der Waals surface area contributed by atoms with Crippen molar-refractivity contribution in [1.82, 2.24) is 0 Å². The number of hydrogen-bond donors (Lipinski definition) is 1. The summed E-state index contributed by atoms with van der Waals surface area (Å²) in [6.07, 6.45) is 0.692. The quantitative estimate of drug-likeness (QED) is 0.870. The van der Waals surface area contributed by atoms with E-state index in [4.69, 9.17) is 5.73 Å². The lowest BCUT2D eigenvalue weighted by atomic mass is 10.0. The summed E-state index contributed by atoms with van der Waals surface area (Å²) in [4.78, 5) is 0.266. The van der Waals surface area contributed by atoms with E-state index >= 15 is 0 Å². The molecule has 0 aliphatic carbocycles. The fraction of sp³-hybridized carbons (Fsp3) is 0.250. The van der Waals surface area contributed by atoms with Gasteiger partial charge in [-0.05, 0) is 58.6 Å². The second kappa shape index (κ2) is 5.68. The number of hydrogen-bond acceptors (Lipinski definition) is 3. The Morgan fingerprint density at radius 2 is 1.95 bits per heavy atom. The molecule has 1 heterocycles. The number of para-hydroxylation sites is 1. The summed E-state index contributed by atoms with van der Waals surface area (Å²) in [6.45, 7) is 2.22. The number of aryl methyl sites for hydroxylation is 1. The molecular formula is C16H17BrN2O2S. The van der Waals surface area contributed by atoms with Gasteiger partial charge < -0.3 is 5.73 Å². The Morgan fingerprint density at radius 1 is 1.23 bits per heavy atom. The summed E-state index contributed by atoms with van der Waals surface area (Å²) in [6, 6.07) is 12.6. The van der Waals surface area contributed by atoms with Crippen LogP contribution in [-0.4, -0.2) is 21.0 Å². The number of rotatable bonds is 2. The van der Waals surface area contributed by atoms with E-state index in [2.05, 4.69) is 15.9 Å². The van der Waals surface area contributed by atoms with Gasteiger partial charge in [0.1, 0.15) is 4.90 Å². The molecule has 22 heavy (non-hydrogen) atoms. The van der Waals surface area contributed by atoms with Crippen LogP contribution in [0.4, 0.5) is 5.69 Å². The molecule has 0 spiro atoms. The molecule has 0 saturated carbocycles. The number of anilines is 1. The number of nitrogens with two attached hydrogens (primary N) is 1. The molecule has 0 fully saturated rings. The van der Waals surface area contributed by atoms with Gasteiger partial charge in [0.2, 0.25) is 0 Å². The van der Waals surface area contributed by atoms with Crippen molar-refractivity contribution in [2.24, 2.45) is 5.73 Å². The molecule has 0 bridgehead atoms. The van der Waals surface area contributed by atoms with Crippen LogP contribution < -0.4 is 10.0 Å². The second-order valence-corrected chi connectivity index (χ2v) is 8.25. The van der Waals surface area contributed by atoms with E-state index < -0.39 is 10.0 Å². The van der Waals surface area contributed by atoms with Crippen molar-refractivity contribution < 1.29 is 8.42 Å². The number of halogens is 1. The zero-order valence-electron chi connectivity index (χ0n) is 12.2. The zero-order valence-corrected chi connectivity index (χ0v) is 14.6. The first-order chi connectivity index (χ1) is 10.4. The monoisotopic (exact) mass is 380 g/mol. The molecule has 1 aliphatic heterocycles. The summed E-state index contributed by atoms with van der Waals surface area (Å²) in [5.74, 6) is 0. The lowest BCUT2D eigenvalue weighted by molar-refractivity contribution is 0.575. The zero-order chi connectivity index (χ0) is 15.9. The van der Waals surface area contributed by atoms with Gasteiger partial charge in [0.05, 0.1) is 5.69 Å². The van der Waals surface area contributed by atoms with Crippen molar-refractivity contribution in [1.29, 1.82) is 0 Å². The van der Waals surface area contributed by atoms with E-state index in [9.17, 15) is 8.42 Å². The largest absolute Gasteiger partial charge is 0.326 e. The third-order valence-corrected chi connectivity index (χ3v) is 6.55. The average Bonchev–Trinajstić information content (AvgIpc) is 2.45. The molecule has 2 aromatic carbocycles. The van der Waals surface area contributed by atoms with Crippen molar-refractivity contribution in [2.75, 3.05) is 10.8 Å². The fourth-order valence-electron chi connectivity index (χ4n) is 2.75. The molecule has 6 heteroatoms. The third kappa shape index (κ3) is 2.66. The lowest BCUT2D eigenvalue weighted by Crippen LogP contribution is -2.46. The van der Waals surface area contributed by atoms with E-state index in [1.807, 2.05) is 37.3 Å². The molecule has 0 amide bonds. The van der Waals surface area contributed by atoms with Crippen LogP contribution in [0.15, 0.2) is 51.8 Å². The maximum absolute atomic E-state index is 13.1. The van der Waals surface area contributed by atoms with Crippen molar-refractivity contribution in [3.63, 3.8) is 0 Å². The van der Waals surface area contributed by atoms with Crippen LogP contribution in [0.3, 0.4) is 0 Å². The molecule has 1 unspecified atom stereocenters. The predicted octanol–water partition coefficient (Wildman–Crippen LogP) is 2.84. The first-order valence-electron chi connectivity index (χ1n) is 7.02. The number of nitrogens with zero attached hydrogens (tertiary/aromatic N) is 1. The van der Waals surface area contributed by atoms with Gasteiger partial charge in [0.15, 0.2) is 0 Å². The van der Waals surface area contributed by atoms with Crippen LogP contribution in [0.1, 0.15) is 11.1 Å². The summed E-state index contributed by atoms with van der Waals surface area (Å²) in [7, 11) is -3.65. The van der Waals surface area contributed by atoms with E-state index in [1.165, 1.54) is 4.31 Å². The smallest absolute Gasteiger partial charge is 0.265 e. The van der Waals surface area contributed by atoms with E-state index in [0.717, 1.165) is 16.8 Å². The van der Waals surface area contributed by atoms with Gasteiger partial charge in [-0.15, -0.1) is 0 Å². The summed E-state index contributed by atoms with van der Waals surface area (Å²) in [5.41, 5.74) is 8.75. The van der Waals surface area contributed by atoms with Crippen molar-refractivity contribution in [3.8, 4) is 0 Å². The fourth-order valence-corrected chi connectivity index (χ4v) is 5.46. The molecule has 116 valence electrons. The highest BCUT2D eigenvalue weighted by Gasteiger charge is 2.32. The molecular weight excluding hydrogens is 364 g/mol. The Labute approximate surface area is 139 Å². The Hall–Kier alpha value is -1.37. The topological polar surface area (TPSA) is 63.4 Å². The summed E-state index contributed by atoms with van der Waals surface area (Å²) >= 11 is 3.37. The van der Waals surface area contributed by atoms with Crippen LogP contribution in [0.5, 0.6) is 0 Å². The Kier molecular flexibility index (Phi) is 4.01. The highest BCUT2D eigenvalue weighted by atomic mass is 79.9. The number of sulfonamides is 1. The minimum Gasteiger partial charge on any atom is -0.326 e. The highest BCUT2D eigenvalue weighted by molar-refractivity contribution is 9.10. The first-order valence-corrected chi connectivity index (χ1v) is 9.25. The minimum absolute atomic E-state index is 0.200. The van der Waals surface area contributed by atoms with Crippen molar-refractivity contribution in [3.05, 3.63) is 58.1 Å². The predicted molar refractivity (Wildman–Crippen MR) is 91.5 cm³/mol. The summed E-state index contributed by atoms with van der Waals surface area (Å²) < 4.78 is 28.1. The number of benzene rings is 2. The Morgan fingerprint density at radius 3 is 2.68 bits per heavy atom. The van der Waals surface area contributed by atoms with E-state index in [1.54, 1.807) is 12.1 Å². The standard InChI is InChI=1S/C16H17BrN2O2S/c1-11-6-7-16(14(17)8-11)22(20,21)19-10-13(18)9-12-4-2-3-5-15(12)19/h2-8,13H,9-10,18H2,1H3. The number of fused-ring (bicyclic) bond motifs is 1. The van der Waals surface area contributed by atoms with Gasteiger partial charge >= 0.3 is 0 Å². The molecule has 1 atom stereocenters. The second-order valence-electron chi connectivity index (χ2n) is 5.56. The molecule has 0 aromatic heterocycles. The summed E-state index contributed by atoms with van der Waals surface area (Å²) in [5, 5.41) is 0. The maximum atomic E-state index is 13.1. The third-order valence-electron chi connectivity index (χ3n) is 3.80. The van der Waals surface area contributed by atoms with Gasteiger partial charge in [-0.3, -0.25) is 4.31 Å². The molecule has 1 aliphatic rings. The van der Waals surface area contributed by atoms with Gasteiger partial charge in [-0.25, -0.2) is 8.42 Å². The maximum Gasteiger partial charge on any atom is 0.265 e. The lowest BCUT2D eigenvalue weighted by Gasteiger charge is -2.34. The Bertz CT molecular complexity index is 821. The highest BCUT2D eigenvalue weighted by Crippen LogP contribution is 2.34. The SMILES string of the molecule is Cc1ccc(S(=O)(=O)N2CC(N)Cc3ccccc32)c(Br)c1. The minimum atomic E-state index is -3.65. The molecule has 0 radical (unpaired) electrons. The normalized spacial score (nSPS) is 18.1. The van der Waals surface area contributed by atoms with Crippen molar-refractivity contribution in [2.45, 2.75) is 24.3 Å². The molecule has 3 rings (SSSR count). The van der Waals surface area contributed by atoms with Gasteiger partial charge in [-0.2, -0.15) is 0 Å². The molecule has 2 N–H and O–H groups in total. The van der Waals surface area contributed by atoms with Crippen LogP contribution in [-0.2, 0) is 16.4 Å². The van der Waals surface area contributed by atoms with Crippen LogP contribution in [0.25, 0.3) is 0 Å². The van der Waals surface area contributed by atoms with Crippen molar-refractivity contribution >= 4 is 31.6 Å². The van der Waals surface area contributed by atoms with E-state index in [0.29, 0.717) is 17.4 Å². The van der Waals surface area contributed by atoms with Crippen LogP contribution >= 0.6 is 15.9 Å². The Balaban J connectivity index is 2.13. The van der Waals surface area contributed by atoms with Crippen LogP contribution in [0.2, 0.25) is 0 Å². The molecule has 4 nitrogen and oxygen atoms in total.